The fraction of sp³-hybridized carbons (Fsp3) is 0.500. The molecule has 0 spiro atoms. The second-order valence-electron chi connectivity index (χ2n) is 5.21. The molecule has 1 N–H and O–H groups in total. The molecule has 20 heavy (non-hydrogen) atoms. The Morgan fingerprint density at radius 2 is 1.75 bits per heavy atom. The first-order valence-electron chi connectivity index (χ1n) is 5.92. The Morgan fingerprint density at radius 3 is 2.20 bits per heavy atom. The van der Waals surface area contributed by atoms with Crippen molar-refractivity contribution in [3.8, 4) is 0 Å². The van der Waals surface area contributed by atoms with E-state index in [-0.39, 0.29) is 14.8 Å². The van der Waals surface area contributed by atoms with Gasteiger partial charge in [0.15, 0.2) is 9.84 Å². The highest BCUT2D eigenvalue weighted by atomic mass is 35.5. The van der Waals surface area contributed by atoms with Crippen LogP contribution in [0.5, 0.6) is 0 Å². The summed E-state index contributed by atoms with van der Waals surface area (Å²) in [6.45, 7) is 5.31. The molecule has 0 aliphatic rings. The maximum Gasteiger partial charge on any atom is 0.242 e. The summed E-state index contributed by atoms with van der Waals surface area (Å²) in [4.78, 5) is -0.319. The molecule has 0 aliphatic carbocycles. The highest BCUT2D eigenvalue weighted by Crippen LogP contribution is 2.26. The van der Waals surface area contributed by atoms with Crippen LogP contribution >= 0.6 is 11.6 Å². The van der Waals surface area contributed by atoms with E-state index in [1.54, 1.807) is 13.8 Å². The highest BCUT2D eigenvalue weighted by Gasteiger charge is 2.27. The number of hydrogen-bond donors (Lipinski definition) is 1. The van der Waals surface area contributed by atoms with Crippen molar-refractivity contribution >= 4 is 31.5 Å². The molecule has 0 atom stereocenters. The molecule has 0 saturated heterocycles. The van der Waals surface area contributed by atoms with E-state index in [0.717, 1.165) is 12.3 Å². The lowest BCUT2D eigenvalue weighted by Gasteiger charge is -2.24. The molecule has 0 fully saturated rings. The van der Waals surface area contributed by atoms with E-state index < -0.39 is 25.4 Å². The fourth-order valence-electron chi connectivity index (χ4n) is 1.41. The molecule has 1 aromatic carbocycles. The van der Waals surface area contributed by atoms with Gasteiger partial charge in [-0.2, -0.15) is 0 Å². The third-order valence-electron chi connectivity index (χ3n) is 2.91. The smallest absolute Gasteiger partial charge is 0.224 e. The molecule has 114 valence electrons. The maximum atomic E-state index is 12.3. The summed E-state index contributed by atoms with van der Waals surface area (Å²) in [5.74, 6) is 0. The van der Waals surface area contributed by atoms with Crippen LogP contribution in [0.2, 0.25) is 5.02 Å². The fourth-order valence-corrected chi connectivity index (χ4v) is 4.14. The lowest BCUT2D eigenvalue weighted by Crippen LogP contribution is -2.42. The highest BCUT2D eigenvalue weighted by molar-refractivity contribution is 7.91. The van der Waals surface area contributed by atoms with Crippen LogP contribution in [0.1, 0.15) is 27.2 Å². The Kier molecular flexibility index (Phi) is 4.91. The summed E-state index contributed by atoms with van der Waals surface area (Å²) in [5, 5.41) is -0.0168. The summed E-state index contributed by atoms with van der Waals surface area (Å²) >= 11 is 5.89. The van der Waals surface area contributed by atoms with Gasteiger partial charge in [-0.25, -0.2) is 21.6 Å². The van der Waals surface area contributed by atoms with E-state index in [4.69, 9.17) is 11.6 Å². The van der Waals surface area contributed by atoms with Gasteiger partial charge in [0.25, 0.3) is 0 Å². The maximum absolute atomic E-state index is 12.3. The van der Waals surface area contributed by atoms with Crippen molar-refractivity contribution in [2.24, 2.45) is 0 Å². The van der Waals surface area contributed by atoms with Gasteiger partial charge < -0.3 is 0 Å². The zero-order valence-corrected chi connectivity index (χ0v) is 14.2. The first kappa shape index (κ1) is 17.4. The minimum atomic E-state index is -3.89. The molecule has 0 heterocycles. The summed E-state index contributed by atoms with van der Waals surface area (Å²) in [5.41, 5.74) is -0.650. The Labute approximate surface area is 125 Å². The molecule has 0 amide bonds. The molecular weight excluding hydrogens is 322 g/mol. The first-order chi connectivity index (χ1) is 8.89. The van der Waals surface area contributed by atoms with E-state index in [2.05, 4.69) is 4.72 Å². The number of hydrogen-bond acceptors (Lipinski definition) is 4. The van der Waals surface area contributed by atoms with Crippen LogP contribution in [0, 0.1) is 0 Å². The average Bonchev–Trinajstić information content (AvgIpc) is 2.26. The van der Waals surface area contributed by atoms with Crippen molar-refractivity contribution in [3.63, 3.8) is 0 Å². The molecule has 0 radical (unpaired) electrons. The van der Waals surface area contributed by atoms with E-state index in [1.807, 2.05) is 6.92 Å². The van der Waals surface area contributed by atoms with Crippen LogP contribution in [-0.4, -0.2) is 28.6 Å². The van der Waals surface area contributed by atoms with Crippen LogP contribution in [0.3, 0.4) is 0 Å². The zero-order chi connectivity index (χ0) is 15.8. The predicted octanol–water partition coefficient (Wildman–Crippen LogP) is 2.21. The second-order valence-corrected chi connectivity index (χ2v) is 9.28. The summed E-state index contributed by atoms with van der Waals surface area (Å²) in [7, 11) is -7.39. The van der Waals surface area contributed by atoms with E-state index in [0.29, 0.717) is 6.42 Å². The summed E-state index contributed by atoms with van der Waals surface area (Å²) in [6, 6.07) is 3.62. The van der Waals surface area contributed by atoms with Gasteiger partial charge in [0.05, 0.1) is 9.92 Å². The molecule has 0 aromatic heterocycles. The van der Waals surface area contributed by atoms with Crippen molar-refractivity contribution in [2.45, 2.75) is 42.5 Å². The number of rotatable bonds is 5. The van der Waals surface area contributed by atoms with Gasteiger partial charge in [0.1, 0.15) is 4.90 Å². The molecule has 1 rings (SSSR count). The van der Waals surface area contributed by atoms with Crippen LogP contribution in [0.15, 0.2) is 28.0 Å². The van der Waals surface area contributed by atoms with E-state index in [1.165, 1.54) is 12.1 Å². The van der Waals surface area contributed by atoms with Crippen molar-refractivity contribution in [1.82, 2.24) is 4.72 Å². The van der Waals surface area contributed by atoms with Crippen molar-refractivity contribution in [1.29, 1.82) is 0 Å². The quantitative estimate of drug-likeness (QED) is 0.891. The van der Waals surface area contributed by atoms with Crippen molar-refractivity contribution in [2.75, 3.05) is 6.26 Å². The normalized spacial score (nSPS) is 13.4. The van der Waals surface area contributed by atoms with Crippen molar-refractivity contribution < 1.29 is 16.8 Å². The SMILES string of the molecule is CCC(C)(C)NS(=O)(=O)c1cc(S(C)(=O)=O)ccc1Cl. The third-order valence-corrected chi connectivity index (χ3v) is 6.20. The minimum Gasteiger partial charge on any atom is -0.224 e. The topological polar surface area (TPSA) is 80.3 Å². The van der Waals surface area contributed by atoms with Gasteiger partial charge in [-0.15, -0.1) is 0 Å². The first-order valence-corrected chi connectivity index (χ1v) is 9.68. The molecule has 0 aliphatic heterocycles. The predicted molar refractivity (Wildman–Crippen MR) is 79.3 cm³/mol. The molecule has 5 nitrogen and oxygen atoms in total. The standard InChI is InChI=1S/C12H18ClNO4S2/c1-5-12(2,3)14-20(17,18)11-8-9(19(4,15)16)6-7-10(11)13/h6-8,14H,5H2,1-4H3. The number of benzene rings is 1. The second kappa shape index (κ2) is 5.63. The molecule has 1 aromatic rings. The zero-order valence-electron chi connectivity index (χ0n) is 11.8. The summed E-state index contributed by atoms with van der Waals surface area (Å²) in [6.07, 6.45) is 1.59. The van der Waals surface area contributed by atoms with Crippen LogP contribution in [-0.2, 0) is 19.9 Å². The van der Waals surface area contributed by atoms with Gasteiger partial charge >= 0.3 is 0 Å². The minimum absolute atomic E-state index is 0.0168. The molecule has 0 unspecified atom stereocenters. The monoisotopic (exact) mass is 339 g/mol. The number of sulfonamides is 1. The van der Waals surface area contributed by atoms with Crippen LogP contribution < -0.4 is 4.72 Å². The molecule has 8 heteroatoms. The lowest BCUT2D eigenvalue weighted by molar-refractivity contribution is 0.439. The Bertz CT molecular complexity index is 709. The Balaban J connectivity index is 3.39. The largest absolute Gasteiger partial charge is 0.242 e. The van der Waals surface area contributed by atoms with Gasteiger partial charge in [-0.3, -0.25) is 0 Å². The molecule has 0 bridgehead atoms. The van der Waals surface area contributed by atoms with Crippen LogP contribution in [0.4, 0.5) is 0 Å². The van der Waals surface area contributed by atoms with Gasteiger partial charge in [-0.05, 0) is 38.5 Å². The number of nitrogens with one attached hydrogen (secondary N) is 1. The number of sulfone groups is 1. The third kappa shape index (κ3) is 4.18. The van der Waals surface area contributed by atoms with Crippen molar-refractivity contribution in [3.05, 3.63) is 23.2 Å². The Hall–Kier alpha value is -0.630. The van der Waals surface area contributed by atoms with Crippen LogP contribution in [0.25, 0.3) is 0 Å². The number of halogens is 1. The summed E-state index contributed by atoms with van der Waals surface area (Å²) < 4.78 is 50.2. The van der Waals surface area contributed by atoms with Gasteiger partial charge in [-0.1, -0.05) is 18.5 Å². The van der Waals surface area contributed by atoms with Gasteiger partial charge in [0.2, 0.25) is 10.0 Å². The average molecular weight is 340 g/mol. The molecular formula is C12H18ClNO4S2. The van der Waals surface area contributed by atoms with Gasteiger partial charge in [0, 0.05) is 11.8 Å². The Morgan fingerprint density at radius 1 is 1.20 bits per heavy atom. The van der Waals surface area contributed by atoms with E-state index in [9.17, 15) is 16.8 Å². The lowest BCUT2D eigenvalue weighted by atomic mass is 10.0. The molecule has 0 saturated carbocycles. The van der Waals surface area contributed by atoms with E-state index >= 15 is 0 Å².